The van der Waals surface area contributed by atoms with Crippen LogP contribution < -0.4 is 0 Å². The molecule has 2 heteroatoms. The van der Waals surface area contributed by atoms with Crippen molar-refractivity contribution in [3.63, 3.8) is 0 Å². The Bertz CT molecular complexity index is 87.4. The van der Waals surface area contributed by atoms with E-state index in [0.29, 0.717) is 18.8 Å². The van der Waals surface area contributed by atoms with Crippen LogP contribution in [-0.2, 0) is 9.59 Å². The zero-order chi connectivity index (χ0) is 7.82. The molecule has 2 nitrogen and oxygen atoms in total. The third-order valence-electron chi connectivity index (χ3n) is 1.55. The summed E-state index contributed by atoms with van der Waals surface area (Å²) in [5.74, 6) is 0.510. The minimum atomic E-state index is 0.510. The summed E-state index contributed by atoms with van der Waals surface area (Å²) in [4.78, 5) is 19.8. The number of aldehydes is 2. The molecule has 0 atom stereocenters. The van der Waals surface area contributed by atoms with Crippen LogP contribution in [0.15, 0.2) is 0 Å². The van der Waals surface area contributed by atoms with E-state index in [0.717, 1.165) is 25.4 Å². The fourth-order valence-corrected chi connectivity index (χ4v) is 0.849. The second-order valence-corrected chi connectivity index (χ2v) is 2.59. The predicted octanol–water partition coefficient (Wildman–Crippen LogP) is 1.58. The van der Waals surface area contributed by atoms with Crippen molar-refractivity contribution in [1.82, 2.24) is 0 Å². The molecular formula is C8H14O2. The van der Waals surface area contributed by atoms with E-state index >= 15 is 0 Å². The van der Waals surface area contributed by atoms with Crippen molar-refractivity contribution in [1.29, 1.82) is 0 Å². The number of hydrogen-bond acceptors (Lipinski definition) is 2. The fraction of sp³-hybridized carbons (Fsp3) is 0.750. The molecule has 0 rings (SSSR count). The molecule has 0 saturated carbocycles. The summed E-state index contributed by atoms with van der Waals surface area (Å²) in [5.41, 5.74) is 0. The summed E-state index contributed by atoms with van der Waals surface area (Å²) in [6.45, 7) is 2.06. The quantitative estimate of drug-likeness (QED) is 0.527. The molecule has 0 aromatic carbocycles. The van der Waals surface area contributed by atoms with Crippen molar-refractivity contribution < 1.29 is 9.59 Å². The van der Waals surface area contributed by atoms with Gasteiger partial charge in [-0.2, -0.15) is 0 Å². The molecule has 0 aliphatic carbocycles. The fourth-order valence-electron chi connectivity index (χ4n) is 0.849. The molecular weight excluding hydrogens is 128 g/mol. The highest BCUT2D eigenvalue weighted by Crippen LogP contribution is 2.09. The summed E-state index contributed by atoms with van der Waals surface area (Å²) < 4.78 is 0. The molecule has 0 aliphatic heterocycles. The highest BCUT2D eigenvalue weighted by Gasteiger charge is 1.99. The standard InChI is InChI=1S/C8H14O2/c1-8(4-2-6-9)5-3-7-10/h6-8H,2-5H2,1H3. The van der Waals surface area contributed by atoms with E-state index < -0.39 is 0 Å². The lowest BCUT2D eigenvalue weighted by atomic mass is 10.0. The molecule has 0 unspecified atom stereocenters. The zero-order valence-corrected chi connectivity index (χ0v) is 6.38. The van der Waals surface area contributed by atoms with Crippen molar-refractivity contribution in [3.8, 4) is 0 Å². The van der Waals surface area contributed by atoms with Crippen LogP contribution in [0, 0.1) is 5.92 Å². The molecule has 0 spiro atoms. The van der Waals surface area contributed by atoms with Crippen molar-refractivity contribution >= 4 is 12.6 Å². The summed E-state index contributed by atoms with van der Waals surface area (Å²) in [6, 6.07) is 0. The lowest BCUT2D eigenvalue weighted by molar-refractivity contribution is -0.108. The maximum absolute atomic E-state index is 9.91. The number of hydrogen-bond donors (Lipinski definition) is 0. The Labute approximate surface area is 61.6 Å². The van der Waals surface area contributed by atoms with E-state index in [4.69, 9.17) is 0 Å². The Morgan fingerprint density at radius 2 is 1.50 bits per heavy atom. The summed E-state index contributed by atoms with van der Waals surface area (Å²) >= 11 is 0. The Balaban J connectivity index is 3.15. The van der Waals surface area contributed by atoms with E-state index in [-0.39, 0.29) is 0 Å². The van der Waals surface area contributed by atoms with E-state index in [1.54, 1.807) is 0 Å². The van der Waals surface area contributed by atoms with Gasteiger partial charge in [-0.3, -0.25) is 0 Å². The molecule has 0 N–H and O–H groups in total. The molecule has 0 aromatic heterocycles. The first-order valence-corrected chi connectivity index (χ1v) is 3.68. The second kappa shape index (κ2) is 6.46. The maximum atomic E-state index is 9.91. The Morgan fingerprint density at radius 3 is 1.80 bits per heavy atom. The summed E-state index contributed by atoms with van der Waals surface area (Å²) in [6.07, 6.45) is 4.93. The third-order valence-corrected chi connectivity index (χ3v) is 1.55. The van der Waals surface area contributed by atoms with Crippen molar-refractivity contribution in [3.05, 3.63) is 0 Å². The van der Waals surface area contributed by atoms with Gasteiger partial charge in [0.15, 0.2) is 0 Å². The van der Waals surface area contributed by atoms with Crippen molar-refractivity contribution in [2.45, 2.75) is 32.6 Å². The van der Waals surface area contributed by atoms with Crippen molar-refractivity contribution in [2.24, 2.45) is 5.92 Å². The van der Waals surface area contributed by atoms with Gasteiger partial charge in [0.2, 0.25) is 0 Å². The molecule has 0 fully saturated rings. The van der Waals surface area contributed by atoms with Gasteiger partial charge in [-0.25, -0.2) is 0 Å². The van der Waals surface area contributed by atoms with Gasteiger partial charge in [0.1, 0.15) is 12.6 Å². The minimum Gasteiger partial charge on any atom is -0.303 e. The third kappa shape index (κ3) is 5.48. The lowest BCUT2D eigenvalue weighted by Gasteiger charge is -2.04. The largest absolute Gasteiger partial charge is 0.303 e. The zero-order valence-electron chi connectivity index (χ0n) is 6.38. The molecule has 10 heavy (non-hydrogen) atoms. The molecule has 0 aliphatic rings. The molecule has 0 saturated heterocycles. The van der Waals surface area contributed by atoms with Gasteiger partial charge >= 0.3 is 0 Å². The lowest BCUT2D eigenvalue weighted by Crippen LogP contribution is -1.95. The monoisotopic (exact) mass is 142 g/mol. The first-order valence-electron chi connectivity index (χ1n) is 3.68. The molecule has 0 heterocycles. The van der Waals surface area contributed by atoms with Crippen LogP contribution in [0.3, 0.4) is 0 Å². The molecule has 0 amide bonds. The smallest absolute Gasteiger partial charge is 0.120 e. The van der Waals surface area contributed by atoms with Gasteiger partial charge in [-0.1, -0.05) is 6.92 Å². The highest BCUT2D eigenvalue weighted by molar-refractivity contribution is 5.49. The van der Waals surface area contributed by atoms with Gasteiger partial charge in [-0.15, -0.1) is 0 Å². The maximum Gasteiger partial charge on any atom is 0.120 e. The van der Waals surface area contributed by atoms with E-state index in [9.17, 15) is 9.59 Å². The van der Waals surface area contributed by atoms with Gasteiger partial charge in [-0.05, 0) is 18.8 Å². The number of rotatable bonds is 6. The van der Waals surface area contributed by atoms with Crippen LogP contribution in [0.2, 0.25) is 0 Å². The average Bonchev–Trinajstić information content (AvgIpc) is 1.97. The summed E-state index contributed by atoms with van der Waals surface area (Å²) in [5, 5.41) is 0. The van der Waals surface area contributed by atoms with Crippen LogP contribution in [-0.4, -0.2) is 12.6 Å². The Hall–Kier alpha value is -0.660. The topological polar surface area (TPSA) is 34.1 Å². The van der Waals surface area contributed by atoms with Gasteiger partial charge in [0.25, 0.3) is 0 Å². The minimum absolute atomic E-state index is 0.510. The number of carbonyl (C=O) groups is 2. The normalized spacial score (nSPS) is 9.80. The molecule has 0 bridgehead atoms. The summed E-state index contributed by atoms with van der Waals surface area (Å²) in [7, 11) is 0. The molecule has 0 radical (unpaired) electrons. The van der Waals surface area contributed by atoms with Gasteiger partial charge in [0.05, 0.1) is 0 Å². The Morgan fingerprint density at radius 1 is 1.10 bits per heavy atom. The number of carbonyl (C=O) groups excluding carboxylic acids is 2. The van der Waals surface area contributed by atoms with Crippen LogP contribution >= 0.6 is 0 Å². The van der Waals surface area contributed by atoms with Crippen LogP contribution in [0.1, 0.15) is 32.6 Å². The van der Waals surface area contributed by atoms with Gasteiger partial charge in [0, 0.05) is 12.8 Å². The first-order chi connectivity index (χ1) is 4.81. The van der Waals surface area contributed by atoms with Crippen LogP contribution in [0.5, 0.6) is 0 Å². The second-order valence-electron chi connectivity index (χ2n) is 2.59. The Kier molecular flexibility index (Phi) is 6.03. The molecule has 0 aromatic rings. The van der Waals surface area contributed by atoms with Gasteiger partial charge < -0.3 is 9.59 Å². The molecule has 58 valence electrons. The van der Waals surface area contributed by atoms with Crippen molar-refractivity contribution in [2.75, 3.05) is 0 Å². The van der Waals surface area contributed by atoms with E-state index in [1.807, 2.05) is 0 Å². The predicted molar refractivity (Wildman–Crippen MR) is 39.8 cm³/mol. The van der Waals surface area contributed by atoms with E-state index in [1.165, 1.54) is 0 Å². The highest BCUT2D eigenvalue weighted by atomic mass is 16.1. The van der Waals surface area contributed by atoms with E-state index in [2.05, 4.69) is 6.92 Å². The van der Waals surface area contributed by atoms with Crippen LogP contribution in [0.4, 0.5) is 0 Å². The van der Waals surface area contributed by atoms with Crippen LogP contribution in [0.25, 0.3) is 0 Å². The first kappa shape index (κ1) is 9.34. The SMILES string of the molecule is CC(CCC=O)CCC=O. The average molecular weight is 142 g/mol.